The summed E-state index contributed by atoms with van der Waals surface area (Å²) in [5.41, 5.74) is 1.07. The van der Waals surface area contributed by atoms with Gasteiger partial charge in [-0.05, 0) is 36.2 Å². The molecular weight excluding hydrogens is 251 g/mol. The Morgan fingerprint density at radius 3 is 2.40 bits per heavy atom. The van der Waals surface area contributed by atoms with Gasteiger partial charge in [0.15, 0.2) is 0 Å². The number of hydrogen-bond donors (Lipinski definition) is 0. The summed E-state index contributed by atoms with van der Waals surface area (Å²) in [5.74, 6) is 1.99. The standard InChI is InChI=1S/C11H14Cl2OS/c12-7-1-2-8-15(14)9-10-3-5-11(13)6-4-10/h3-6H,1-2,7-9H2. The van der Waals surface area contributed by atoms with Crippen molar-refractivity contribution in [1.29, 1.82) is 0 Å². The van der Waals surface area contributed by atoms with Crippen LogP contribution in [0.1, 0.15) is 18.4 Å². The summed E-state index contributed by atoms with van der Waals surface area (Å²) in [5, 5.41) is 0.715. The Hall–Kier alpha value is 0.110. The van der Waals surface area contributed by atoms with E-state index in [1.165, 1.54) is 0 Å². The molecule has 0 radical (unpaired) electrons. The van der Waals surface area contributed by atoms with Crippen molar-refractivity contribution in [2.75, 3.05) is 11.6 Å². The molecule has 0 aromatic heterocycles. The zero-order valence-electron chi connectivity index (χ0n) is 8.42. The van der Waals surface area contributed by atoms with Crippen LogP contribution in [0.2, 0.25) is 5.02 Å². The van der Waals surface area contributed by atoms with Crippen molar-refractivity contribution < 1.29 is 4.55 Å². The molecule has 0 bridgehead atoms. The van der Waals surface area contributed by atoms with E-state index in [0.29, 0.717) is 16.7 Å². The molecule has 0 spiro atoms. The van der Waals surface area contributed by atoms with Gasteiger partial charge in [-0.2, -0.15) is 0 Å². The number of unbranched alkanes of at least 4 members (excludes halogenated alkanes) is 1. The summed E-state index contributed by atoms with van der Waals surface area (Å²) in [6.07, 6.45) is 1.87. The van der Waals surface area contributed by atoms with E-state index < -0.39 is 11.2 Å². The number of halogens is 2. The molecule has 0 aliphatic carbocycles. The molecule has 84 valence electrons. The summed E-state index contributed by atoms with van der Waals surface area (Å²) in [6.45, 7) is 0. The van der Waals surface area contributed by atoms with Gasteiger partial charge in [-0.25, -0.2) is 0 Å². The molecule has 0 aliphatic heterocycles. The van der Waals surface area contributed by atoms with E-state index in [-0.39, 0.29) is 0 Å². The third kappa shape index (κ3) is 5.67. The fourth-order valence-electron chi connectivity index (χ4n) is 1.20. The van der Waals surface area contributed by atoms with E-state index in [1.54, 1.807) is 0 Å². The molecule has 0 N–H and O–H groups in total. The van der Waals surface area contributed by atoms with E-state index in [4.69, 9.17) is 23.2 Å². The van der Waals surface area contributed by atoms with Crippen molar-refractivity contribution in [3.63, 3.8) is 0 Å². The monoisotopic (exact) mass is 264 g/mol. The van der Waals surface area contributed by atoms with Crippen molar-refractivity contribution >= 4 is 34.4 Å². The maximum atomic E-state index is 11.6. The fourth-order valence-corrected chi connectivity index (χ4v) is 2.75. The Bertz CT molecular complexity index is 276. The van der Waals surface area contributed by atoms with Gasteiger partial charge < -0.3 is 4.55 Å². The van der Waals surface area contributed by atoms with Crippen LogP contribution >= 0.6 is 23.2 Å². The quantitative estimate of drug-likeness (QED) is 0.438. The maximum Gasteiger partial charge on any atom is 0.130 e. The van der Waals surface area contributed by atoms with Gasteiger partial charge in [0.1, 0.15) is 11.5 Å². The summed E-state index contributed by atoms with van der Waals surface area (Å²) >= 11 is 10.5. The van der Waals surface area contributed by atoms with Crippen LogP contribution < -0.4 is 0 Å². The van der Waals surface area contributed by atoms with Crippen molar-refractivity contribution in [3.05, 3.63) is 34.9 Å². The van der Waals surface area contributed by atoms with Crippen LogP contribution in [0.4, 0.5) is 0 Å². The molecule has 1 nitrogen and oxygen atoms in total. The van der Waals surface area contributed by atoms with E-state index in [0.717, 1.165) is 24.2 Å². The average Bonchev–Trinajstić information content (AvgIpc) is 2.22. The first-order valence-electron chi connectivity index (χ1n) is 4.88. The minimum Gasteiger partial charge on any atom is -0.616 e. The van der Waals surface area contributed by atoms with Crippen molar-refractivity contribution in [2.24, 2.45) is 0 Å². The lowest BCUT2D eigenvalue weighted by Crippen LogP contribution is -2.09. The smallest absolute Gasteiger partial charge is 0.130 e. The van der Waals surface area contributed by atoms with Crippen LogP contribution in [0, 0.1) is 0 Å². The van der Waals surface area contributed by atoms with Gasteiger partial charge in [0.05, 0.1) is 0 Å². The fraction of sp³-hybridized carbons (Fsp3) is 0.455. The van der Waals surface area contributed by atoms with Gasteiger partial charge in [0, 0.05) is 16.5 Å². The van der Waals surface area contributed by atoms with Gasteiger partial charge in [0.25, 0.3) is 0 Å². The molecule has 1 unspecified atom stereocenters. The Kier molecular flexibility index (Phi) is 6.50. The molecule has 1 aromatic carbocycles. The van der Waals surface area contributed by atoms with Crippen LogP contribution in [-0.2, 0) is 16.9 Å². The highest BCUT2D eigenvalue weighted by Gasteiger charge is 2.06. The van der Waals surface area contributed by atoms with Crippen molar-refractivity contribution in [3.8, 4) is 0 Å². The lowest BCUT2D eigenvalue weighted by Gasteiger charge is -2.10. The van der Waals surface area contributed by atoms with E-state index in [9.17, 15) is 4.55 Å². The normalized spacial score (nSPS) is 12.7. The predicted molar refractivity (Wildman–Crippen MR) is 68.1 cm³/mol. The molecule has 0 saturated carbocycles. The second-order valence-electron chi connectivity index (χ2n) is 3.31. The molecule has 0 amide bonds. The first-order valence-corrected chi connectivity index (χ1v) is 7.28. The van der Waals surface area contributed by atoms with Crippen LogP contribution in [0.25, 0.3) is 0 Å². The lowest BCUT2D eigenvalue weighted by molar-refractivity contribution is 0.591. The van der Waals surface area contributed by atoms with E-state index >= 15 is 0 Å². The second-order valence-corrected chi connectivity index (χ2v) is 5.70. The molecule has 4 heteroatoms. The third-order valence-electron chi connectivity index (χ3n) is 2.00. The maximum absolute atomic E-state index is 11.6. The molecule has 15 heavy (non-hydrogen) atoms. The summed E-state index contributed by atoms with van der Waals surface area (Å²) in [6, 6.07) is 7.49. The van der Waals surface area contributed by atoms with Crippen LogP contribution in [0.5, 0.6) is 0 Å². The Labute approximate surface area is 104 Å². The highest BCUT2D eigenvalue weighted by molar-refractivity contribution is 7.90. The van der Waals surface area contributed by atoms with Crippen LogP contribution in [-0.4, -0.2) is 16.2 Å². The second kappa shape index (κ2) is 7.39. The Morgan fingerprint density at radius 1 is 1.13 bits per heavy atom. The average molecular weight is 265 g/mol. The number of hydrogen-bond acceptors (Lipinski definition) is 1. The molecule has 0 fully saturated rings. The van der Waals surface area contributed by atoms with E-state index in [2.05, 4.69) is 0 Å². The van der Waals surface area contributed by atoms with Crippen molar-refractivity contribution in [2.45, 2.75) is 18.6 Å². The molecule has 1 atom stereocenters. The summed E-state index contributed by atoms with van der Waals surface area (Å²) in [7, 11) is 0. The SMILES string of the molecule is [O-][S+](CCCCCl)Cc1ccc(Cl)cc1. The number of benzene rings is 1. The number of rotatable bonds is 6. The highest BCUT2D eigenvalue weighted by atomic mass is 35.5. The summed E-state index contributed by atoms with van der Waals surface area (Å²) in [4.78, 5) is 0. The van der Waals surface area contributed by atoms with Gasteiger partial charge in [-0.1, -0.05) is 23.7 Å². The van der Waals surface area contributed by atoms with Gasteiger partial charge in [0.2, 0.25) is 0 Å². The first kappa shape index (κ1) is 13.2. The van der Waals surface area contributed by atoms with Gasteiger partial charge in [-0.15, -0.1) is 11.6 Å². The first-order chi connectivity index (χ1) is 7.22. The molecule has 0 saturated heterocycles. The van der Waals surface area contributed by atoms with Crippen LogP contribution in [0.3, 0.4) is 0 Å². The molecule has 1 aromatic rings. The number of alkyl halides is 1. The minimum atomic E-state index is -0.781. The Morgan fingerprint density at radius 2 is 1.80 bits per heavy atom. The van der Waals surface area contributed by atoms with Gasteiger partial charge in [-0.3, -0.25) is 0 Å². The Balaban J connectivity index is 2.31. The minimum absolute atomic E-state index is 0.611. The largest absolute Gasteiger partial charge is 0.616 e. The molecule has 0 aliphatic rings. The topological polar surface area (TPSA) is 23.1 Å². The predicted octanol–water partition coefficient (Wildman–Crippen LogP) is 3.61. The van der Waals surface area contributed by atoms with Crippen molar-refractivity contribution in [1.82, 2.24) is 0 Å². The van der Waals surface area contributed by atoms with Crippen LogP contribution in [0.15, 0.2) is 24.3 Å². The highest BCUT2D eigenvalue weighted by Crippen LogP contribution is 2.13. The lowest BCUT2D eigenvalue weighted by atomic mass is 10.2. The molecule has 1 rings (SSSR count). The van der Waals surface area contributed by atoms with Gasteiger partial charge >= 0.3 is 0 Å². The molecular formula is C11H14Cl2OS. The third-order valence-corrected chi connectivity index (χ3v) is 3.92. The summed E-state index contributed by atoms with van der Waals surface area (Å²) < 4.78 is 11.6. The zero-order chi connectivity index (χ0) is 11.1. The molecule has 0 heterocycles. The van der Waals surface area contributed by atoms with E-state index in [1.807, 2.05) is 24.3 Å². The zero-order valence-corrected chi connectivity index (χ0v) is 10.7.